The Bertz CT molecular complexity index is 1540. The van der Waals surface area contributed by atoms with E-state index in [1.54, 1.807) is 18.6 Å². The molecule has 4 aromatic heterocycles. The zero-order valence-corrected chi connectivity index (χ0v) is 19.9. The maximum Gasteiger partial charge on any atom is 0.416 e. The zero-order chi connectivity index (χ0) is 25.9. The number of imidazole rings is 1. The first-order valence-corrected chi connectivity index (χ1v) is 12.1. The molecule has 1 amide bonds. The second-order valence-corrected chi connectivity index (χ2v) is 9.45. The number of rotatable bonds is 6. The number of hydrogen-bond donors (Lipinski definition) is 2. The van der Waals surface area contributed by atoms with Gasteiger partial charge in [0.1, 0.15) is 22.7 Å². The maximum absolute atomic E-state index is 13.5. The average molecular weight is 509 g/mol. The van der Waals surface area contributed by atoms with Crippen LogP contribution < -0.4 is 11.1 Å². The van der Waals surface area contributed by atoms with Crippen LogP contribution in [0.5, 0.6) is 0 Å². The Balaban J connectivity index is 1.50. The number of fused-ring (bicyclic) bond motifs is 2. The number of amides is 1. The Kier molecular flexibility index (Phi) is 5.18. The van der Waals surface area contributed by atoms with Gasteiger partial charge in [0, 0.05) is 24.8 Å². The SMILES string of the molecule is CCCCc1nc(-c2nc(N)c3c(n2)NC(=O)C3(c2cc(C(F)(F)F)ccn2)C2CC2)cn2ccnc12. The summed E-state index contributed by atoms with van der Waals surface area (Å²) in [6.45, 7) is 2.09. The third-order valence-corrected chi connectivity index (χ3v) is 7.04. The molecule has 12 heteroatoms. The fourth-order valence-electron chi connectivity index (χ4n) is 5.19. The molecule has 37 heavy (non-hydrogen) atoms. The fourth-order valence-corrected chi connectivity index (χ4v) is 5.19. The summed E-state index contributed by atoms with van der Waals surface area (Å²) in [6, 6.07) is 1.81. The normalized spacial score (nSPS) is 19.3. The van der Waals surface area contributed by atoms with E-state index in [4.69, 9.17) is 10.7 Å². The molecule has 5 heterocycles. The summed E-state index contributed by atoms with van der Waals surface area (Å²) >= 11 is 0. The number of alkyl halides is 3. The predicted molar refractivity (Wildman–Crippen MR) is 128 cm³/mol. The van der Waals surface area contributed by atoms with E-state index >= 15 is 0 Å². The van der Waals surface area contributed by atoms with E-state index in [-0.39, 0.29) is 34.6 Å². The number of unbranched alkanes of at least 4 members (excludes halogenated alkanes) is 1. The minimum atomic E-state index is -4.58. The van der Waals surface area contributed by atoms with Crippen molar-refractivity contribution in [3.63, 3.8) is 0 Å². The van der Waals surface area contributed by atoms with Crippen LogP contribution in [-0.4, -0.2) is 35.2 Å². The van der Waals surface area contributed by atoms with Crippen LogP contribution in [0.1, 0.15) is 55.1 Å². The first kappa shape index (κ1) is 23.3. The van der Waals surface area contributed by atoms with Crippen LogP contribution in [0.25, 0.3) is 17.2 Å². The average Bonchev–Trinajstić information content (AvgIpc) is 3.51. The van der Waals surface area contributed by atoms with Crippen molar-refractivity contribution in [1.82, 2.24) is 29.3 Å². The van der Waals surface area contributed by atoms with Gasteiger partial charge in [-0.2, -0.15) is 13.2 Å². The quantitative estimate of drug-likeness (QED) is 0.401. The predicted octanol–water partition coefficient (Wildman–Crippen LogP) is 4.17. The van der Waals surface area contributed by atoms with E-state index in [0.717, 1.165) is 42.5 Å². The zero-order valence-electron chi connectivity index (χ0n) is 19.9. The van der Waals surface area contributed by atoms with Gasteiger partial charge in [-0.25, -0.2) is 19.9 Å². The summed E-state index contributed by atoms with van der Waals surface area (Å²) in [7, 11) is 0. The molecular formula is C25H23F3N8O. The summed E-state index contributed by atoms with van der Waals surface area (Å²) < 4.78 is 42.4. The van der Waals surface area contributed by atoms with Crippen LogP contribution in [0.15, 0.2) is 36.9 Å². The van der Waals surface area contributed by atoms with Crippen molar-refractivity contribution in [2.45, 2.75) is 50.6 Å². The Hall–Kier alpha value is -4.09. The number of nitrogens with two attached hydrogens (primary N) is 1. The molecule has 0 saturated heterocycles. The molecule has 6 rings (SSSR count). The number of aryl methyl sites for hydroxylation is 1. The molecule has 1 aliphatic heterocycles. The highest BCUT2D eigenvalue weighted by Crippen LogP contribution is 2.57. The lowest BCUT2D eigenvalue weighted by Crippen LogP contribution is -2.39. The van der Waals surface area contributed by atoms with E-state index in [1.165, 1.54) is 0 Å². The number of nitrogens with one attached hydrogen (secondary N) is 1. The third kappa shape index (κ3) is 3.61. The number of nitrogen functional groups attached to an aromatic ring is 1. The molecule has 9 nitrogen and oxygen atoms in total. The van der Waals surface area contributed by atoms with Crippen LogP contribution in [0.2, 0.25) is 0 Å². The van der Waals surface area contributed by atoms with Crippen molar-refractivity contribution in [1.29, 1.82) is 0 Å². The number of anilines is 2. The van der Waals surface area contributed by atoms with E-state index in [0.29, 0.717) is 25.0 Å². The Morgan fingerprint density at radius 2 is 2.00 bits per heavy atom. The van der Waals surface area contributed by atoms with Gasteiger partial charge in [0.15, 0.2) is 11.5 Å². The Labute approximate surface area is 209 Å². The van der Waals surface area contributed by atoms with Crippen molar-refractivity contribution >= 4 is 23.2 Å². The number of halogens is 3. The van der Waals surface area contributed by atoms with Crippen LogP contribution >= 0.6 is 0 Å². The summed E-state index contributed by atoms with van der Waals surface area (Å²) in [5.74, 6) is -0.388. The minimum absolute atomic E-state index is 0.00657. The number of aromatic nitrogens is 6. The molecule has 1 fully saturated rings. The number of nitrogens with zero attached hydrogens (tertiary/aromatic N) is 6. The highest BCUT2D eigenvalue weighted by molar-refractivity contribution is 6.09. The van der Waals surface area contributed by atoms with Gasteiger partial charge in [-0.05, 0) is 43.7 Å². The lowest BCUT2D eigenvalue weighted by Gasteiger charge is -2.28. The number of carbonyl (C=O) groups is 1. The van der Waals surface area contributed by atoms with E-state index in [9.17, 15) is 18.0 Å². The molecule has 0 spiro atoms. The monoisotopic (exact) mass is 508 g/mol. The molecule has 3 N–H and O–H groups in total. The summed E-state index contributed by atoms with van der Waals surface area (Å²) in [5, 5.41) is 2.76. The lowest BCUT2D eigenvalue weighted by atomic mass is 9.74. The number of carbonyl (C=O) groups excluding carboxylic acids is 1. The van der Waals surface area contributed by atoms with Gasteiger partial charge in [-0.15, -0.1) is 0 Å². The van der Waals surface area contributed by atoms with Crippen LogP contribution in [0, 0.1) is 5.92 Å². The third-order valence-electron chi connectivity index (χ3n) is 7.04. The molecule has 0 bridgehead atoms. The Morgan fingerprint density at radius 1 is 1.19 bits per heavy atom. The van der Waals surface area contributed by atoms with Crippen molar-refractivity contribution in [3.05, 3.63) is 59.4 Å². The van der Waals surface area contributed by atoms with E-state index < -0.39 is 23.1 Å². The van der Waals surface area contributed by atoms with Crippen molar-refractivity contribution in [2.24, 2.45) is 5.92 Å². The Morgan fingerprint density at radius 3 is 2.73 bits per heavy atom. The second kappa shape index (κ2) is 8.22. The number of hydrogen-bond acceptors (Lipinski definition) is 7. The highest BCUT2D eigenvalue weighted by atomic mass is 19.4. The molecular weight excluding hydrogens is 485 g/mol. The van der Waals surface area contributed by atoms with Gasteiger partial charge in [0.2, 0.25) is 5.91 Å². The summed E-state index contributed by atoms with van der Waals surface area (Å²) in [5.41, 5.74) is 6.30. The van der Waals surface area contributed by atoms with Gasteiger partial charge in [-0.1, -0.05) is 13.3 Å². The van der Waals surface area contributed by atoms with Crippen molar-refractivity contribution < 1.29 is 18.0 Å². The molecule has 0 aromatic carbocycles. The first-order valence-electron chi connectivity index (χ1n) is 12.1. The van der Waals surface area contributed by atoms with Crippen LogP contribution in [-0.2, 0) is 22.8 Å². The smallest absolute Gasteiger partial charge is 0.383 e. The van der Waals surface area contributed by atoms with Gasteiger partial charge in [-0.3, -0.25) is 9.78 Å². The van der Waals surface area contributed by atoms with Gasteiger partial charge < -0.3 is 15.5 Å². The highest BCUT2D eigenvalue weighted by Gasteiger charge is 2.60. The summed E-state index contributed by atoms with van der Waals surface area (Å²) in [4.78, 5) is 35.9. The van der Waals surface area contributed by atoms with Crippen LogP contribution in [0.4, 0.5) is 24.8 Å². The molecule has 190 valence electrons. The maximum atomic E-state index is 13.5. The van der Waals surface area contributed by atoms with Gasteiger partial charge in [0.25, 0.3) is 0 Å². The number of pyridine rings is 1. The topological polar surface area (TPSA) is 124 Å². The first-order chi connectivity index (χ1) is 17.7. The largest absolute Gasteiger partial charge is 0.416 e. The van der Waals surface area contributed by atoms with E-state index in [2.05, 4.69) is 32.2 Å². The lowest BCUT2D eigenvalue weighted by molar-refractivity contribution is -0.137. The van der Waals surface area contributed by atoms with Crippen molar-refractivity contribution in [3.8, 4) is 11.5 Å². The van der Waals surface area contributed by atoms with Crippen molar-refractivity contribution in [2.75, 3.05) is 11.1 Å². The van der Waals surface area contributed by atoms with Crippen LogP contribution in [0.3, 0.4) is 0 Å². The van der Waals surface area contributed by atoms with E-state index in [1.807, 2.05) is 4.40 Å². The molecule has 4 aromatic rings. The summed E-state index contributed by atoms with van der Waals surface area (Å²) in [6.07, 6.45) is 5.62. The second-order valence-electron chi connectivity index (χ2n) is 9.45. The van der Waals surface area contributed by atoms with Gasteiger partial charge >= 0.3 is 6.18 Å². The minimum Gasteiger partial charge on any atom is -0.383 e. The van der Waals surface area contributed by atoms with Gasteiger partial charge in [0.05, 0.1) is 22.5 Å². The molecule has 0 radical (unpaired) electrons. The molecule has 2 aliphatic rings. The molecule has 1 saturated carbocycles. The standard InChI is InChI=1S/C25H23F3N8O/c1-2-3-4-15-22-31-9-10-36(22)12-16(32-15)20-33-19(29)18-21(34-20)35-23(37)24(18,13-5-6-13)17-11-14(7-8-30-17)25(26,27)28/h7-13H,2-6H2,1H3,(H3,29,33,34,35,37). The fraction of sp³-hybridized carbons (Fsp3) is 0.360. The molecule has 1 atom stereocenters. The molecule has 1 unspecified atom stereocenters. The molecule has 1 aliphatic carbocycles.